The molecule has 0 heterocycles. The standard InChI is InChI=1S/C14H21BrN2O/c1-14(2,17-13(18)10-16-3)9-8-11-6-4-5-7-12(11)15/h4-7,16H,8-10H2,1-3H3,(H,17,18). The molecule has 1 aromatic rings. The number of halogens is 1. The van der Waals surface area contributed by atoms with Crippen LogP contribution in [0.25, 0.3) is 0 Å². The van der Waals surface area contributed by atoms with Gasteiger partial charge in [0.2, 0.25) is 5.91 Å². The molecule has 0 saturated carbocycles. The Balaban J connectivity index is 2.51. The molecule has 1 aromatic carbocycles. The lowest BCUT2D eigenvalue weighted by atomic mass is 9.95. The number of hydrogen-bond acceptors (Lipinski definition) is 2. The van der Waals surface area contributed by atoms with Gasteiger partial charge in [0.25, 0.3) is 0 Å². The summed E-state index contributed by atoms with van der Waals surface area (Å²) in [5, 5.41) is 5.88. The first kappa shape index (κ1) is 15.2. The molecule has 0 unspecified atom stereocenters. The third-order valence-electron chi connectivity index (χ3n) is 2.79. The zero-order chi connectivity index (χ0) is 13.6. The van der Waals surface area contributed by atoms with E-state index >= 15 is 0 Å². The van der Waals surface area contributed by atoms with Gasteiger partial charge < -0.3 is 10.6 Å². The normalized spacial score (nSPS) is 11.3. The summed E-state index contributed by atoms with van der Waals surface area (Å²) < 4.78 is 1.13. The van der Waals surface area contributed by atoms with E-state index in [4.69, 9.17) is 0 Å². The third-order valence-corrected chi connectivity index (χ3v) is 3.57. The van der Waals surface area contributed by atoms with Crippen molar-refractivity contribution in [3.8, 4) is 0 Å². The van der Waals surface area contributed by atoms with Crippen molar-refractivity contribution in [1.29, 1.82) is 0 Å². The molecule has 0 atom stereocenters. The highest BCUT2D eigenvalue weighted by atomic mass is 79.9. The maximum absolute atomic E-state index is 11.6. The molecule has 1 amide bonds. The van der Waals surface area contributed by atoms with Crippen molar-refractivity contribution < 1.29 is 4.79 Å². The fraction of sp³-hybridized carbons (Fsp3) is 0.500. The van der Waals surface area contributed by atoms with Gasteiger partial charge in [-0.25, -0.2) is 0 Å². The minimum absolute atomic E-state index is 0.0367. The number of likely N-dealkylation sites (N-methyl/N-ethyl adjacent to an activating group) is 1. The van der Waals surface area contributed by atoms with Crippen LogP contribution in [-0.2, 0) is 11.2 Å². The van der Waals surface area contributed by atoms with Gasteiger partial charge in [0, 0.05) is 10.0 Å². The van der Waals surface area contributed by atoms with Crippen LogP contribution in [0.1, 0.15) is 25.8 Å². The Labute approximate surface area is 117 Å². The summed E-state index contributed by atoms with van der Waals surface area (Å²) in [4.78, 5) is 11.6. The maximum atomic E-state index is 11.6. The molecular weight excluding hydrogens is 292 g/mol. The molecule has 100 valence electrons. The second-order valence-corrected chi connectivity index (χ2v) is 5.91. The second kappa shape index (κ2) is 6.90. The van der Waals surface area contributed by atoms with Crippen LogP contribution in [0.4, 0.5) is 0 Å². The van der Waals surface area contributed by atoms with E-state index < -0.39 is 0 Å². The number of carbonyl (C=O) groups excluding carboxylic acids is 1. The SMILES string of the molecule is CNCC(=O)NC(C)(C)CCc1ccccc1Br. The van der Waals surface area contributed by atoms with Crippen molar-refractivity contribution in [2.24, 2.45) is 0 Å². The summed E-state index contributed by atoms with van der Waals surface area (Å²) in [7, 11) is 1.77. The minimum atomic E-state index is -0.191. The predicted octanol–water partition coefficient (Wildman–Crippen LogP) is 2.50. The highest BCUT2D eigenvalue weighted by molar-refractivity contribution is 9.10. The van der Waals surface area contributed by atoms with Crippen LogP contribution in [0.15, 0.2) is 28.7 Å². The zero-order valence-electron chi connectivity index (χ0n) is 11.2. The number of carbonyl (C=O) groups is 1. The molecule has 2 N–H and O–H groups in total. The van der Waals surface area contributed by atoms with Gasteiger partial charge in [-0.05, 0) is 45.4 Å². The van der Waals surface area contributed by atoms with Crippen molar-refractivity contribution in [1.82, 2.24) is 10.6 Å². The van der Waals surface area contributed by atoms with E-state index in [0.29, 0.717) is 6.54 Å². The van der Waals surface area contributed by atoms with Crippen LogP contribution >= 0.6 is 15.9 Å². The van der Waals surface area contributed by atoms with E-state index in [1.807, 2.05) is 18.2 Å². The van der Waals surface area contributed by atoms with E-state index in [2.05, 4.69) is 46.5 Å². The highest BCUT2D eigenvalue weighted by Crippen LogP contribution is 2.20. The van der Waals surface area contributed by atoms with Gasteiger partial charge in [-0.2, -0.15) is 0 Å². The Morgan fingerprint density at radius 3 is 2.61 bits per heavy atom. The zero-order valence-corrected chi connectivity index (χ0v) is 12.8. The van der Waals surface area contributed by atoms with Crippen LogP contribution in [0.3, 0.4) is 0 Å². The number of rotatable bonds is 6. The summed E-state index contributed by atoms with van der Waals surface area (Å²) in [6.45, 7) is 4.47. The molecule has 0 fully saturated rings. The van der Waals surface area contributed by atoms with Crippen molar-refractivity contribution in [3.63, 3.8) is 0 Å². The summed E-state index contributed by atoms with van der Waals surface area (Å²) in [6.07, 6.45) is 1.85. The van der Waals surface area contributed by atoms with Gasteiger partial charge in [-0.1, -0.05) is 34.1 Å². The Hall–Kier alpha value is -0.870. The highest BCUT2D eigenvalue weighted by Gasteiger charge is 2.20. The van der Waals surface area contributed by atoms with E-state index in [9.17, 15) is 4.79 Å². The Bertz CT molecular complexity index is 405. The lowest BCUT2D eigenvalue weighted by Gasteiger charge is -2.26. The van der Waals surface area contributed by atoms with Crippen LogP contribution < -0.4 is 10.6 Å². The third kappa shape index (κ3) is 5.19. The monoisotopic (exact) mass is 312 g/mol. The maximum Gasteiger partial charge on any atom is 0.234 e. The Morgan fingerprint density at radius 1 is 1.33 bits per heavy atom. The molecule has 0 bridgehead atoms. The second-order valence-electron chi connectivity index (χ2n) is 5.05. The average molecular weight is 313 g/mol. The van der Waals surface area contributed by atoms with Gasteiger partial charge >= 0.3 is 0 Å². The molecule has 4 heteroatoms. The summed E-state index contributed by atoms with van der Waals surface area (Å²) >= 11 is 3.54. The van der Waals surface area contributed by atoms with Crippen LogP contribution in [0.2, 0.25) is 0 Å². The molecule has 3 nitrogen and oxygen atoms in total. The van der Waals surface area contributed by atoms with Gasteiger partial charge in [0.1, 0.15) is 0 Å². The molecule has 0 aromatic heterocycles. The van der Waals surface area contributed by atoms with Crippen LogP contribution in [-0.4, -0.2) is 25.0 Å². The molecule has 18 heavy (non-hydrogen) atoms. The molecule has 0 aliphatic rings. The lowest BCUT2D eigenvalue weighted by molar-refractivity contribution is -0.121. The minimum Gasteiger partial charge on any atom is -0.350 e. The first-order chi connectivity index (χ1) is 8.44. The topological polar surface area (TPSA) is 41.1 Å². The molecule has 0 spiro atoms. The summed E-state index contributed by atoms with van der Waals surface area (Å²) in [5.41, 5.74) is 1.08. The Morgan fingerprint density at radius 2 is 2.00 bits per heavy atom. The fourth-order valence-corrected chi connectivity index (χ4v) is 2.28. The number of hydrogen-bond donors (Lipinski definition) is 2. The van der Waals surface area contributed by atoms with Crippen molar-refractivity contribution in [3.05, 3.63) is 34.3 Å². The molecule has 1 rings (SSSR count). The van der Waals surface area contributed by atoms with Crippen LogP contribution in [0.5, 0.6) is 0 Å². The number of aryl methyl sites for hydroxylation is 1. The van der Waals surface area contributed by atoms with Gasteiger partial charge in [-0.3, -0.25) is 4.79 Å². The number of benzene rings is 1. The van der Waals surface area contributed by atoms with E-state index in [1.54, 1.807) is 7.05 Å². The van der Waals surface area contributed by atoms with Gasteiger partial charge in [-0.15, -0.1) is 0 Å². The fourth-order valence-electron chi connectivity index (χ4n) is 1.79. The van der Waals surface area contributed by atoms with E-state index in [-0.39, 0.29) is 11.4 Å². The number of nitrogens with one attached hydrogen (secondary N) is 2. The largest absolute Gasteiger partial charge is 0.350 e. The molecule has 0 aliphatic heterocycles. The molecule has 0 aliphatic carbocycles. The first-order valence-corrected chi connectivity index (χ1v) is 6.93. The van der Waals surface area contributed by atoms with Crippen molar-refractivity contribution >= 4 is 21.8 Å². The molecule has 0 radical (unpaired) electrons. The van der Waals surface area contributed by atoms with Gasteiger partial charge in [0.15, 0.2) is 0 Å². The Kier molecular flexibility index (Phi) is 5.82. The smallest absolute Gasteiger partial charge is 0.234 e. The predicted molar refractivity (Wildman–Crippen MR) is 78.6 cm³/mol. The van der Waals surface area contributed by atoms with E-state index in [0.717, 1.165) is 17.3 Å². The van der Waals surface area contributed by atoms with Gasteiger partial charge in [0.05, 0.1) is 6.54 Å². The molecular formula is C14H21BrN2O. The molecule has 0 saturated heterocycles. The average Bonchev–Trinajstić information content (AvgIpc) is 2.27. The quantitative estimate of drug-likeness (QED) is 0.847. The summed E-state index contributed by atoms with van der Waals surface area (Å²) in [5.74, 6) is 0.0367. The van der Waals surface area contributed by atoms with Crippen molar-refractivity contribution in [2.75, 3.05) is 13.6 Å². The van der Waals surface area contributed by atoms with Crippen molar-refractivity contribution in [2.45, 2.75) is 32.2 Å². The van der Waals surface area contributed by atoms with Crippen LogP contribution in [0, 0.1) is 0 Å². The number of amides is 1. The lowest BCUT2D eigenvalue weighted by Crippen LogP contribution is -2.46. The first-order valence-electron chi connectivity index (χ1n) is 6.13. The summed E-state index contributed by atoms with van der Waals surface area (Å²) in [6, 6.07) is 8.19. The van der Waals surface area contributed by atoms with E-state index in [1.165, 1.54) is 5.56 Å².